The molecule has 1 heterocycles. The molecule has 1 amide bonds. The molecule has 2 aliphatic rings. The molecule has 3 aromatic rings. The highest BCUT2D eigenvalue weighted by Crippen LogP contribution is 2.42. The number of aryl methyl sites for hydroxylation is 2. The lowest BCUT2D eigenvalue weighted by atomic mass is 9.71. The van der Waals surface area contributed by atoms with E-state index in [0.29, 0.717) is 30.2 Å². The van der Waals surface area contributed by atoms with Crippen molar-refractivity contribution in [1.29, 1.82) is 0 Å². The Bertz CT molecular complexity index is 1490. The predicted molar refractivity (Wildman–Crippen MR) is 175 cm³/mol. The zero-order valence-electron chi connectivity index (χ0n) is 26.6. The van der Waals surface area contributed by atoms with Crippen molar-refractivity contribution in [3.05, 3.63) is 89.0 Å². The summed E-state index contributed by atoms with van der Waals surface area (Å²) in [7, 11) is 0. The predicted octanol–water partition coefficient (Wildman–Crippen LogP) is 7.84. The van der Waals surface area contributed by atoms with Gasteiger partial charge in [-0.1, -0.05) is 74.4 Å². The van der Waals surface area contributed by atoms with E-state index < -0.39 is 5.97 Å². The molecule has 232 valence electrons. The summed E-state index contributed by atoms with van der Waals surface area (Å²) in [6.07, 6.45) is 4.39. The maximum absolute atomic E-state index is 12.5. The summed E-state index contributed by atoms with van der Waals surface area (Å²) in [5.74, 6) is -0.522. The van der Waals surface area contributed by atoms with Gasteiger partial charge >= 0.3 is 5.97 Å². The molecule has 5 rings (SSSR count). The minimum absolute atomic E-state index is 0.0170. The summed E-state index contributed by atoms with van der Waals surface area (Å²) in [4.78, 5) is 30.8. The molecule has 1 atom stereocenters. The van der Waals surface area contributed by atoms with Crippen LogP contribution in [0.15, 0.2) is 71.7 Å². The van der Waals surface area contributed by atoms with Crippen molar-refractivity contribution in [3.63, 3.8) is 0 Å². The number of carboxylic acids is 1. The van der Waals surface area contributed by atoms with Gasteiger partial charge in [0.2, 0.25) is 0 Å². The fourth-order valence-electron chi connectivity index (χ4n) is 6.67. The first-order valence-electron chi connectivity index (χ1n) is 15.8. The van der Waals surface area contributed by atoms with E-state index in [0.717, 1.165) is 29.7 Å². The molecule has 7 nitrogen and oxygen atoms in total. The summed E-state index contributed by atoms with van der Waals surface area (Å²) >= 11 is 0. The number of amides is 1. The number of rotatable bonds is 8. The number of carboxylic acid groups (broad SMARTS) is 1. The lowest BCUT2D eigenvalue weighted by molar-refractivity contribution is -0.136. The first kappa shape index (κ1) is 31.3. The molecule has 3 aromatic carbocycles. The Morgan fingerprint density at radius 2 is 1.61 bits per heavy atom. The monoisotopic (exact) mass is 595 g/mol. The van der Waals surface area contributed by atoms with Gasteiger partial charge in [-0.05, 0) is 91.8 Å². The van der Waals surface area contributed by atoms with Crippen molar-refractivity contribution >= 4 is 23.6 Å². The molecule has 7 heteroatoms. The molecule has 0 spiro atoms. The fourth-order valence-corrected chi connectivity index (χ4v) is 6.67. The van der Waals surface area contributed by atoms with E-state index >= 15 is 0 Å². The average molecular weight is 596 g/mol. The quantitative estimate of drug-likeness (QED) is 0.277. The maximum atomic E-state index is 12.5. The second-order valence-electron chi connectivity index (χ2n) is 13.4. The highest BCUT2D eigenvalue weighted by molar-refractivity contribution is 5.94. The summed E-state index contributed by atoms with van der Waals surface area (Å²) in [5.41, 5.74) is 7.50. The molecule has 1 saturated carbocycles. The van der Waals surface area contributed by atoms with Gasteiger partial charge in [-0.2, -0.15) is 4.99 Å². The Morgan fingerprint density at radius 1 is 0.932 bits per heavy atom. The third kappa shape index (κ3) is 7.50. The zero-order chi connectivity index (χ0) is 31.4. The molecule has 0 radical (unpaired) electrons. The molecular weight excluding hydrogens is 550 g/mol. The summed E-state index contributed by atoms with van der Waals surface area (Å²) in [6.45, 7) is 11.9. The number of hydrogen-bond acceptors (Lipinski definition) is 4. The standard InChI is InChI=1S/C37H45N3O4/c1-24-19-25(2)21-29(20-24)28-7-6-8-31(22-28)39-36-40(32-15-13-30(14-16-32)37(3,4)5)33(23-44-36)26-9-11-27(12-10-26)35(43)38-18-17-34(41)42/h6-12,19-22,30,32-33H,13-18,23H2,1-5H3,(H,38,43)(H,41,42)/b39-36-. The first-order valence-corrected chi connectivity index (χ1v) is 15.8. The van der Waals surface area contributed by atoms with E-state index in [1.165, 1.54) is 29.5 Å². The smallest absolute Gasteiger partial charge is 0.305 e. The topological polar surface area (TPSA) is 91.2 Å². The normalized spacial score (nSPS) is 21.2. The highest BCUT2D eigenvalue weighted by atomic mass is 16.5. The van der Waals surface area contributed by atoms with Crippen LogP contribution in [-0.2, 0) is 9.53 Å². The van der Waals surface area contributed by atoms with E-state index in [2.05, 4.69) is 81.2 Å². The van der Waals surface area contributed by atoms with E-state index in [9.17, 15) is 9.59 Å². The minimum atomic E-state index is -0.937. The summed E-state index contributed by atoms with van der Waals surface area (Å²) in [5, 5.41) is 11.5. The van der Waals surface area contributed by atoms with Crippen LogP contribution in [0.3, 0.4) is 0 Å². The highest BCUT2D eigenvalue weighted by Gasteiger charge is 2.40. The first-order chi connectivity index (χ1) is 21.0. The van der Waals surface area contributed by atoms with Crippen molar-refractivity contribution < 1.29 is 19.4 Å². The van der Waals surface area contributed by atoms with E-state index in [1.54, 1.807) is 0 Å². The Labute approximate surface area is 261 Å². The number of amidine groups is 1. The summed E-state index contributed by atoms with van der Waals surface area (Å²) < 4.78 is 6.36. The van der Waals surface area contributed by atoms with E-state index in [-0.39, 0.29) is 30.3 Å². The zero-order valence-corrected chi connectivity index (χ0v) is 26.6. The van der Waals surface area contributed by atoms with Gasteiger partial charge in [-0.25, -0.2) is 0 Å². The lowest BCUT2D eigenvalue weighted by Crippen LogP contribution is -2.42. The van der Waals surface area contributed by atoms with Crippen molar-refractivity contribution in [2.24, 2.45) is 16.3 Å². The van der Waals surface area contributed by atoms with Crippen LogP contribution in [0.2, 0.25) is 0 Å². The number of nitrogens with zero attached hydrogens (tertiary/aromatic N) is 2. The van der Waals surface area contributed by atoms with Gasteiger partial charge in [0.25, 0.3) is 11.9 Å². The Balaban J connectivity index is 1.41. The summed E-state index contributed by atoms with van der Waals surface area (Å²) in [6, 6.07) is 23.5. The largest absolute Gasteiger partial charge is 0.481 e. The third-order valence-corrected chi connectivity index (χ3v) is 9.05. The molecule has 2 N–H and O–H groups in total. The lowest BCUT2D eigenvalue weighted by Gasteiger charge is -2.41. The average Bonchev–Trinajstić information content (AvgIpc) is 3.39. The molecule has 44 heavy (non-hydrogen) atoms. The number of aliphatic carboxylic acids is 1. The van der Waals surface area contributed by atoms with E-state index in [4.69, 9.17) is 14.8 Å². The molecule has 1 aliphatic carbocycles. The Kier molecular flexibility index (Phi) is 9.42. The number of carbonyl (C=O) groups excluding carboxylic acids is 1. The van der Waals surface area contributed by atoms with Crippen LogP contribution < -0.4 is 5.32 Å². The van der Waals surface area contributed by atoms with Crippen LogP contribution in [0.25, 0.3) is 11.1 Å². The molecule has 0 aromatic heterocycles. The molecule has 1 unspecified atom stereocenters. The number of benzene rings is 3. The van der Waals surface area contributed by atoms with Crippen LogP contribution in [0.1, 0.15) is 86.0 Å². The van der Waals surface area contributed by atoms with Gasteiger partial charge in [0.05, 0.1) is 18.2 Å². The van der Waals surface area contributed by atoms with Gasteiger partial charge in [0, 0.05) is 18.2 Å². The van der Waals surface area contributed by atoms with Crippen molar-refractivity contribution in [2.45, 2.75) is 78.8 Å². The van der Waals surface area contributed by atoms with Gasteiger partial charge in [0.15, 0.2) is 0 Å². The number of ether oxygens (including phenoxy) is 1. The van der Waals surface area contributed by atoms with Crippen LogP contribution in [0.5, 0.6) is 0 Å². The van der Waals surface area contributed by atoms with Gasteiger partial charge in [0.1, 0.15) is 6.61 Å². The number of nitrogens with one attached hydrogen (secondary N) is 1. The number of carbonyl (C=O) groups is 2. The number of aliphatic imine (C=N–C) groups is 1. The van der Waals surface area contributed by atoms with Crippen LogP contribution >= 0.6 is 0 Å². The molecule has 1 aliphatic heterocycles. The maximum Gasteiger partial charge on any atom is 0.305 e. The van der Waals surface area contributed by atoms with Gasteiger partial charge < -0.3 is 20.1 Å². The second-order valence-corrected chi connectivity index (χ2v) is 13.4. The Hall–Kier alpha value is -4.13. The molecule has 2 fully saturated rings. The van der Waals surface area contributed by atoms with Crippen LogP contribution in [-0.4, -0.2) is 47.1 Å². The third-order valence-electron chi connectivity index (χ3n) is 9.05. The van der Waals surface area contributed by atoms with Gasteiger partial charge in [-0.3, -0.25) is 9.59 Å². The van der Waals surface area contributed by atoms with Crippen LogP contribution in [0, 0.1) is 25.2 Å². The molecular formula is C37H45N3O4. The van der Waals surface area contributed by atoms with E-state index in [1.807, 2.05) is 30.3 Å². The Morgan fingerprint density at radius 3 is 2.25 bits per heavy atom. The second kappa shape index (κ2) is 13.2. The fraction of sp³-hybridized carbons (Fsp3) is 0.432. The van der Waals surface area contributed by atoms with Crippen molar-refractivity contribution in [2.75, 3.05) is 13.2 Å². The number of hydrogen-bond donors (Lipinski definition) is 2. The minimum Gasteiger partial charge on any atom is -0.481 e. The molecule has 1 saturated heterocycles. The molecule has 0 bridgehead atoms. The SMILES string of the molecule is Cc1cc(C)cc(-c2cccc(/N=C3\OCC(c4ccc(C(=O)NCCC(=O)O)cc4)N3C3CCC(C(C)(C)C)CC3)c2)c1. The van der Waals surface area contributed by atoms with Crippen LogP contribution in [0.4, 0.5) is 5.69 Å². The van der Waals surface area contributed by atoms with Gasteiger partial charge in [-0.15, -0.1) is 0 Å². The van der Waals surface area contributed by atoms with Crippen molar-refractivity contribution in [3.8, 4) is 11.1 Å². The van der Waals surface area contributed by atoms with Crippen molar-refractivity contribution in [1.82, 2.24) is 10.2 Å².